The number of hydrogen-bond acceptors (Lipinski definition) is 5. The molecule has 18 heavy (non-hydrogen) atoms. The third kappa shape index (κ3) is 1.97. The highest BCUT2D eigenvalue weighted by Crippen LogP contribution is 2.31. The Hall–Kier alpha value is -1.88. The van der Waals surface area contributed by atoms with Gasteiger partial charge in [0.25, 0.3) is 0 Å². The minimum Gasteiger partial charge on any atom is -0.487 e. The van der Waals surface area contributed by atoms with Crippen LogP contribution in [0.5, 0.6) is 5.75 Å². The Bertz CT molecular complexity index is 565. The van der Waals surface area contributed by atoms with Crippen LogP contribution in [0.3, 0.4) is 0 Å². The van der Waals surface area contributed by atoms with E-state index in [9.17, 15) is 0 Å². The van der Waals surface area contributed by atoms with Crippen LogP contribution >= 0.6 is 0 Å². The first kappa shape index (κ1) is 11.2. The fourth-order valence-corrected chi connectivity index (χ4v) is 2.25. The third-order valence-electron chi connectivity index (χ3n) is 3.36. The van der Waals surface area contributed by atoms with Crippen LogP contribution in [-0.2, 0) is 13.0 Å². The van der Waals surface area contributed by atoms with Crippen molar-refractivity contribution < 1.29 is 9.37 Å². The van der Waals surface area contributed by atoms with Crippen LogP contribution in [0.4, 0.5) is 0 Å². The van der Waals surface area contributed by atoms with Crippen molar-refractivity contribution >= 4 is 0 Å². The van der Waals surface area contributed by atoms with Gasteiger partial charge in [-0.3, -0.25) is 0 Å². The Morgan fingerprint density at radius 2 is 2.33 bits per heavy atom. The van der Waals surface area contributed by atoms with E-state index < -0.39 is 0 Å². The van der Waals surface area contributed by atoms with E-state index in [-0.39, 0.29) is 6.04 Å². The summed E-state index contributed by atoms with van der Waals surface area (Å²) in [7, 11) is 0. The summed E-state index contributed by atoms with van der Waals surface area (Å²) in [4.78, 5) is 0. The molecule has 0 bridgehead atoms. The Morgan fingerprint density at radius 1 is 1.44 bits per heavy atom. The van der Waals surface area contributed by atoms with Gasteiger partial charge in [0, 0.05) is 6.04 Å². The molecule has 94 valence electrons. The summed E-state index contributed by atoms with van der Waals surface area (Å²) in [6.07, 6.45) is 2.04. The third-order valence-corrected chi connectivity index (χ3v) is 3.36. The molecule has 2 aromatic rings. The van der Waals surface area contributed by atoms with Crippen LogP contribution in [-0.4, -0.2) is 10.3 Å². The average molecular weight is 245 g/mol. The van der Waals surface area contributed by atoms with Gasteiger partial charge >= 0.3 is 0 Å². The number of rotatable bonds is 3. The van der Waals surface area contributed by atoms with Gasteiger partial charge in [0.15, 0.2) is 0 Å². The number of aryl methyl sites for hydroxylation is 2. The second-order valence-corrected chi connectivity index (χ2v) is 4.59. The zero-order valence-electron chi connectivity index (χ0n) is 10.2. The molecule has 1 aromatic heterocycles. The maximum absolute atomic E-state index is 6.00. The summed E-state index contributed by atoms with van der Waals surface area (Å²) in [6, 6.07) is 6.24. The predicted molar refractivity (Wildman–Crippen MR) is 65.1 cm³/mol. The number of ether oxygens (including phenoxy) is 1. The van der Waals surface area contributed by atoms with Crippen molar-refractivity contribution in [3.63, 3.8) is 0 Å². The maximum atomic E-state index is 6.00. The zero-order chi connectivity index (χ0) is 12.5. The molecule has 1 heterocycles. The minimum atomic E-state index is 0.177. The van der Waals surface area contributed by atoms with E-state index in [0.29, 0.717) is 6.61 Å². The molecule has 0 saturated carbocycles. The second kappa shape index (κ2) is 4.42. The molecule has 0 spiro atoms. The van der Waals surface area contributed by atoms with E-state index in [2.05, 4.69) is 27.1 Å². The van der Waals surface area contributed by atoms with Crippen LogP contribution in [0.2, 0.25) is 0 Å². The van der Waals surface area contributed by atoms with E-state index >= 15 is 0 Å². The molecule has 1 aliphatic carbocycles. The number of benzene rings is 1. The lowest BCUT2D eigenvalue weighted by Gasteiger charge is -2.08. The van der Waals surface area contributed by atoms with Gasteiger partial charge in [-0.15, -0.1) is 0 Å². The van der Waals surface area contributed by atoms with Crippen LogP contribution in [0.25, 0.3) is 0 Å². The standard InChI is InChI=1S/C13H15N3O2/c1-8-13(16-18-15-8)7-17-10-3-4-11-9(6-10)2-5-12(11)14/h3-4,6,12H,2,5,7,14H2,1H3/t12-/m0/s1. The van der Waals surface area contributed by atoms with E-state index in [0.717, 1.165) is 30.0 Å². The Labute approximate surface area is 105 Å². The molecule has 3 rings (SSSR count). The SMILES string of the molecule is Cc1nonc1COc1ccc2c(c1)CC[C@@H]2N. The number of aromatic nitrogens is 2. The fraction of sp³-hybridized carbons (Fsp3) is 0.385. The van der Waals surface area contributed by atoms with Crippen molar-refractivity contribution in [3.8, 4) is 5.75 Å². The van der Waals surface area contributed by atoms with E-state index in [1.54, 1.807) is 0 Å². The van der Waals surface area contributed by atoms with Crippen molar-refractivity contribution in [1.82, 2.24) is 10.3 Å². The molecule has 0 saturated heterocycles. The van der Waals surface area contributed by atoms with Crippen LogP contribution in [0, 0.1) is 6.92 Å². The first-order valence-corrected chi connectivity index (χ1v) is 6.03. The number of nitrogens with two attached hydrogens (primary N) is 1. The van der Waals surface area contributed by atoms with Crippen molar-refractivity contribution in [2.75, 3.05) is 0 Å². The minimum absolute atomic E-state index is 0.177. The molecular formula is C13H15N3O2. The van der Waals surface area contributed by atoms with Gasteiger partial charge in [0.2, 0.25) is 0 Å². The lowest BCUT2D eigenvalue weighted by Crippen LogP contribution is -2.05. The summed E-state index contributed by atoms with van der Waals surface area (Å²) in [5, 5.41) is 7.50. The van der Waals surface area contributed by atoms with Crippen LogP contribution in [0.15, 0.2) is 22.8 Å². The van der Waals surface area contributed by atoms with Gasteiger partial charge in [-0.1, -0.05) is 16.4 Å². The molecule has 2 N–H and O–H groups in total. The Kier molecular flexibility index (Phi) is 2.76. The highest BCUT2D eigenvalue weighted by Gasteiger charge is 2.19. The highest BCUT2D eigenvalue weighted by atomic mass is 16.6. The summed E-state index contributed by atoms with van der Waals surface area (Å²) < 4.78 is 10.3. The number of fused-ring (bicyclic) bond motifs is 1. The Morgan fingerprint density at radius 3 is 3.11 bits per heavy atom. The molecule has 0 radical (unpaired) electrons. The van der Waals surface area contributed by atoms with Crippen molar-refractivity contribution in [1.29, 1.82) is 0 Å². The van der Waals surface area contributed by atoms with E-state index in [4.69, 9.17) is 10.5 Å². The lowest BCUT2D eigenvalue weighted by molar-refractivity contribution is 0.270. The number of nitrogens with zero attached hydrogens (tertiary/aromatic N) is 2. The summed E-state index contributed by atoms with van der Waals surface area (Å²) in [5.74, 6) is 0.838. The second-order valence-electron chi connectivity index (χ2n) is 4.59. The largest absolute Gasteiger partial charge is 0.487 e. The summed E-state index contributed by atoms with van der Waals surface area (Å²) >= 11 is 0. The van der Waals surface area contributed by atoms with Crippen molar-refractivity contribution in [2.45, 2.75) is 32.4 Å². The predicted octanol–water partition coefficient (Wildman–Crippen LogP) is 1.90. The van der Waals surface area contributed by atoms with Gasteiger partial charge in [0.1, 0.15) is 23.7 Å². The lowest BCUT2D eigenvalue weighted by atomic mass is 10.1. The topological polar surface area (TPSA) is 74.2 Å². The van der Waals surface area contributed by atoms with Crippen molar-refractivity contribution in [2.24, 2.45) is 5.73 Å². The molecule has 0 fully saturated rings. The van der Waals surface area contributed by atoms with E-state index in [1.165, 1.54) is 11.1 Å². The van der Waals surface area contributed by atoms with Gasteiger partial charge in [-0.25, -0.2) is 4.63 Å². The molecule has 5 nitrogen and oxygen atoms in total. The molecule has 0 unspecified atom stereocenters. The number of hydrogen-bond donors (Lipinski definition) is 1. The molecule has 0 amide bonds. The Balaban J connectivity index is 1.73. The average Bonchev–Trinajstić information content (AvgIpc) is 2.94. The molecule has 5 heteroatoms. The normalized spacial score (nSPS) is 17.8. The van der Waals surface area contributed by atoms with Crippen LogP contribution < -0.4 is 10.5 Å². The molecule has 0 aliphatic heterocycles. The van der Waals surface area contributed by atoms with Crippen molar-refractivity contribution in [3.05, 3.63) is 40.7 Å². The first-order valence-electron chi connectivity index (χ1n) is 6.03. The molecule has 1 aromatic carbocycles. The smallest absolute Gasteiger partial charge is 0.145 e. The zero-order valence-corrected chi connectivity index (χ0v) is 10.2. The quantitative estimate of drug-likeness (QED) is 0.894. The van der Waals surface area contributed by atoms with Gasteiger partial charge in [0.05, 0.1) is 0 Å². The molecular weight excluding hydrogens is 230 g/mol. The highest BCUT2D eigenvalue weighted by molar-refractivity contribution is 5.40. The molecule has 1 aliphatic rings. The van der Waals surface area contributed by atoms with Crippen LogP contribution in [0.1, 0.15) is 35.0 Å². The van der Waals surface area contributed by atoms with E-state index in [1.807, 2.05) is 13.0 Å². The summed E-state index contributed by atoms with van der Waals surface area (Å²) in [6.45, 7) is 2.22. The maximum Gasteiger partial charge on any atom is 0.145 e. The first-order chi connectivity index (χ1) is 8.74. The molecule has 1 atom stereocenters. The fourth-order valence-electron chi connectivity index (χ4n) is 2.25. The monoisotopic (exact) mass is 245 g/mol. The summed E-state index contributed by atoms with van der Waals surface area (Å²) in [5.41, 5.74) is 10.0. The van der Waals surface area contributed by atoms with Gasteiger partial charge in [-0.2, -0.15) is 0 Å². The van der Waals surface area contributed by atoms with Gasteiger partial charge in [-0.05, 0) is 43.0 Å². The van der Waals surface area contributed by atoms with Gasteiger partial charge < -0.3 is 10.5 Å².